The largest absolute Gasteiger partial charge is 0.416 e. The highest BCUT2D eigenvalue weighted by Crippen LogP contribution is 2.33. The van der Waals surface area contributed by atoms with E-state index in [9.17, 15) is 18.3 Å². The maximum Gasteiger partial charge on any atom is 0.416 e. The first-order chi connectivity index (χ1) is 8.25. The van der Waals surface area contributed by atoms with Gasteiger partial charge in [0, 0.05) is 4.47 Å². The summed E-state index contributed by atoms with van der Waals surface area (Å²) in [4.78, 5) is 0. The van der Waals surface area contributed by atoms with Crippen molar-refractivity contribution in [2.24, 2.45) is 5.73 Å². The molecule has 0 bridgehead atoms. The van der Waals surface area contributed by atoms with Crippen molar-refractivity contribution in [1.29, 1.82) is 0 Å². The quantitative estimate of drug-likeness (QED) is 0.849. The molecule has 2 atom stereocenters. The van der Waals surface area contributed by atoms with Gasteiger partial charge in [0.1, 0.15) is 0 Å². The fourth-order valence-electron chi connectivity index (χ4n) is 1.67. The summed E-state index contributed by atoms with van der Waals surface area (Å²) < 4.78 is 38.2. The minimum Gasteiger partial charge on any atom is -0.391 e. The summed E-state index contributed by atoms with van der Waals surface area (Å²) in [7, 11) is 0. The van der Waals surface area contributed by atoms with E-state index in [1.165, 1.54) is 6.07 Å². The van der Waals surface area contributed by atoms with Crippen LogP contribution in [0.1, 0.15) is 36.9 Å². The van der Waals surface area contributed by atoms with E-state index in [0.717, 1.165) is 18.6 Å². The maximum atomic E-state index is 12.6. The molecule has 0 aliphatic rings. The molecule has 0 aliphatic heterocycles. The molecule has 2 nitrogen and oxygen atoms in total. The van der Waals surface area contributed by atoms with Crippen molar-refractivity contribution in [1.82, 2.24) is 0 Å². The molecule has 0 fully saturated rings. The van der Waals surface area contributed by atoms with Crippen LogP contribution in [0.3, 0.4) is 0 Å². The third kappa shape index (κ3) is 5.30. The summed E-state index contributed by atoms with van der Waals surface area (Å²) in [6.07, 6.45) is -4.09. The van der Waals surface area contributed by atoms with Crippen LogP contribution < -0.4 is 5.73 Å². The van der Waals surface area contributed by atoms with Gasteiger partial charge in [-0.3, -0.25) is 0 Å². The topological polar surface area (TPSA) is 46.2 Å². The number of benzene rings is 1. The van der Waals surface area contributed by atoms with Gasteiger partial charge in [-0.1, -0.05) is 29.3 Å². The van der Waals surface area contributed by atoms with E-state index in [-0.39, 0.29) is 18.0 Å². The molecule has 0 aromatic heterocycles. The molecule has 0 spiro atoms. The molecule has 1 aromatic carbocycles. The predicted molar refractivity (Wildman–Crippen MR) is 74.2 cm³/mol. The van der Waals surface area contributed by atoms with Crippen molar-refractivity contribution in [2.75, 3.05) is 0 Å². The van der Waals surface area contributed by atoms with Crippen LogP contribution in [-0.4, -0.2) is 11.2 Å². The van der Waals surface area contributed by atoms with Crippen LogP contribution in [0.25, 0.3) is 0 Å². The lowest BCUT2D eigenvalue weighted by atomic mass is 9.97. The van der Waals surface area contributed by atoms with Gasteiger partial charge in [0.25, 0.3) is 0 Å². The standard InChI is InChI=1S/C12H15BrF3NO.ClH/c1-2-3-10(18)11(17)7-4-8(12(14,15)16)6-9(13)5-7;/h4-6,10-11,18H,2-3,17H2,1H3;1H/t10-,11+;/m1./s1. The van der Waals surface area contributed by atoms with E-state index in [0.29, 0.717) is 10.9 Å². The van der Waals surface area contributed by atoms with Crippen LogP contribution in [0.4, 0.5) is 13.2 Å². The summed E-state index contributed by atoms with van der Waals surface area (Å²) in [5.74, 6) is 0. The molecular weight excluding hydrogens is 346 g/mol. The zero-order valence-electron chi connectivity index (χ0n) is 10.2. The van der Waals surface area contributed by atoms with Gasteiger partial charge in [-0.15, -0.1) is 12.4 Å². The van der Waals surface area contributed by atoms with E-state index < -0.39 is 23.9 Å². The second kappa shape index (κ2) is 7.47. The molecule has 110 valence electrons. The van der Waals surface area contributed by atoms with Crippen molar-refractivity contribution >= 4 is 28.3 Å². The van der Waals surface area contributed by atoms with Crippen molar-refractivity contribution in [2.45, 2.75) is 38.1 Å². The molecule has 19 heavy (non-hydrogen) atoms. The van der Waals surface area contributed by atoms with Gasteiger partial charge in [-0.25, -0.2) is 0 Å². The molecule has 7 heteroatoms. The first-order valence-corrected chi connectivity index (χ1v) is 6.36. The smallest absolute Gasteiger partial charge is 0.391 e. The number of aliphatic hydroxyl groups excluding tert-OH is 1. The molecule has 0 unspecified atom stereocenters. The van der Waals surface area contributed by atoms with E-state index in [1.54, 1.807) is 0 Å². The number of hydrogen-bond acceptors (Lipinski definition) is 2. The number of halogens is 5. The van der Waals surface area contributed by atoms with Crippen LogP contribution in [0.2, 0.25) is 0 Å². The van der Waals surface area contributed by atoms with Gasteiger partial charge in [0.05, 0.1) is 17.7 Å². The minimum atomic E-state index is -4.42. The second-order valence-corrected chi connectivity index (χ2v) is 5.07. The molecule has 1 rings (SSSR count). The monoisotopic (exact) mass is 361 g/mol. The zero-order valence-corrected chi connectivity index (χ0v) is 12.6. The molecule has 0 radical (unpaired) electrons. The first-order valence-electron chi connectivity index (χ1n) is 5.57. The lowest BCUT2D eigenvalue weighted by Gasteiger charge is -2.20. The average molecular weight is 363 g/mol. The zero-order chi connectivity index (χ0) is 13.9. The van der Waals surface area contributed by atoms with Crippen LogP contribution in [0.5, 0.6) is 0 Å². The maximum absolute atomic E-state index is 12.6. The Morgan fingerprint density at radius 2 is 1.89 bits per heavy atom. The molecular formula is C12H16BrClF3NO. The molecule has 3 N–H and O–H groups in total. The predicted octanol–water partition coefficient (Wildman–Crippen LogP) is 4.05. The summed E-state index contributed by atoms with van der Waals surface area (Å²) in [6.45, 7) is 1.87. The fraction of sp³-hybridized carbons (Fsp3) is 0.500. The molecule has 0 amide bonds. The fourth-order valence-corrected chi connectivity index (χ4v) is 2.18. The van der Waals surface area contributed by atoms with Gasteiger partial charge >= 0.3 is 6.18 Å². The van der Waals surface area contributed by atoms with Gasteiger partial charge in [0.2, 0.25) is 0 Å². The van der Waals surface area contributed by atoms with Crippen molar-refractivity contribution in [3.8, 4) is 0 Å². The van der Waals surface area contributed by atoms with E-state index in [4.69, 9.17) is 5.73 Å². The summed E-state index contributed by atoms with van der Waals surface area (Å²) in [5.41, 5.74) is 5.27. The number of nitrogens with two attached hydrogens (primary N) is 1. The van der Waals surface area contributed by atoms with Crippen LogP contribution in [0.15, 0.2) is 22.7 Å². The minimum absolute atomic E-state index is 0. The Morgan fingerprint density at radius 1 is 1.32 bits per heavy atom. The van der Waals surface area contributed by atoms with Gasteiger partial charge < -0.3 is 10.8 Å². The highest BCUT2D eigenvalue weighted by Gasteiger charge is 2.32. The van der Waals surface area contributed by atoms with Gasteiger partial charge in [0.15, 0.2) is 0 Å². The highest BCUT2D eigenvalue weighted by molar-refractivity contribution is 9.10. The normalized spacial score (nSPS) is 14.7. The lowest BCUT2D eigenvalue weighted by Crippen LogP contribution is -2.26. The number of hydrogen-bond donors (Lipinski definition) is 2. The number of aliphatic hydroxyl groups is 1. The van der Waals surface area contributed by atoms with Crippen LogP contribution >= 0.6 is 28.3 Å². The number of alkyl halides is 3. The SMILES string of the molecule is CCC[C@@H](O)[C@@H](N)c1cc(Br)cc(C(F)(F)F)c1.Cl. The molecule has 0 aliphatic carbocycles. The van der Waals surface area contributed by atoms with Crippen LogP contribution in [-0.2, 0) is 6.18 Å². The van der Waals surface area contributed by atoms with E-state index >= 15 is 0 Å². The van der Waals surface area contributed by atoms with Crippen molar-refractivity contribution in [3.63, 3.8) is 0 Å². The molecule has 0 saturated carbocycles. The van der Waals surface area contributed by atoms with Gasteiger partial charge in [-0.2, -0.15) is 13.2 Å². The summed E-state index contributed by atoms with van der Waals surface area (Å²) in [5, 5.41) is 9.73. The van der Waals surface area contributed by atoms with Crippen molar-refractivity contribution < 1.29 is 18.3 Å². The highest BCUT2D eigenvalue weighted by atomic mass is 79.9. The van der Waals surface area contributed by atoms with Crippen molar-refractivity contribution in [3.05, 3.63) is 33.8 Å². The second-order valence-electron chi connectivity index (χ2n) is 4.15. The third-order valence-electron chi connectivity index (χ3n) is 2.63. The number of rotatable bonds is 4. The Labute approximate surface area is 124 Å². The van der Waals surface area contributed by atoms with Crippen LogP contribution in [0, 0.1) is 0 Å². The molecule has 1 aromatic rings. The Morgan fingerprint density at radius 3 is 2.37 bits per heavy atom. The Bertz CT molecular complexity index is 414. The van der Waals surface area contributed by atoms with E-state index in [2.05, 4.69) is 15.9 Å². The lowest BCUT2D eigenvalue weighted by molar-refractivity contribution is -0.137. The van der Waals surface area contributed by atoms with Gasteiger partial charge in [-0.05, 0) is 30.2 Å². The molecule has 0 saturated heterocycles. The summed E-state index contributed by atoms with van der Waals surface area (Å²) >= 11 is 3.02. The van der Waals surface area contributed by atoms with E-state index in [1.807, 2.05) is 6.92 Å². The summed E-state index contributed by atoms with van der Waals surface area (Å²) in [6, 6.07) is 2.65. The third-order valence-corrected chi connectivity index (χ3v) is 3.09. The Kier molecular flexibility index (Phi) is 7.36. The Balaban J connectivity index is 0.00000324. The average Bonchev–Trinajstić information content (AvgIpc) is 2.26. The Hall–Kier alpha value is -0.300. The molecule has 0 heterocycles. The first kappa shape index (κ1) is 18.7.